The molecule has 0 amide bonds. The van der Waals surface area contributed by atoms with Crippen molar-refractivity contribution < 1.29 is 9.13 Å². The number of fused-ring (bicyclic) bond motifs is 1. The van der Waals surface area contributed by atoms with Gasteiger partial charge in [-0.15, -0.1) is 24.0 Å². The summed E-state index contributed by atoms with van der Waals surface area (Å²) in [6.07, 6.45) is 4.44. The molecule has 0 spiro atoms. The minimum absolute atomic E-state index is 0. The van der Waals surface area contributed by atoms with Gasteiger partial charge in [-0.25, -0.2) is 9.37 Å². The zero-order valence-corrected chi connectivity index (χ0v) is 17.6. The first-order chi connectivity index (χ1) is 12.7. The van der Waals surface area contributed by atoms with Gasteiger partial charge in [0.2, 0.25) is 5.88 Å². The van der Waals surface area contributed by atoms with E-state index in [1.165, 1.54) is 6.07 Å². The van der Waals surface area contributed by atoms with Gasteiger partial charge in [0.15, 0.2) is 5.96 Å². The molecule has 8 heteroatoms. The number of aliphatic imine (C=N–C) groups is 1. The Bertz CT molecular complexity index is 895. The Morgan fingerprint density at radius 2 is 2.11 bits per heavy atom. The van der Waals surface area contributed by atoms with Gasteiger partial charge in [0.05, 0.1) is 7.11 Å². The summed E-state index contributed by atoms with van der Waals surface area (Å²) in [6.45, 7) is 1.29. The van der Waals surface area contributed by atoms with Crippen molar-refractivity contribution in [1.29, 1.82) is 0 Å². The molecule has 6 nitrogen and oxygen atoms in total. The average molecular weight is 483 g/mol. The molecule has 3 N–H and O–H groups in total. The van der Waals surface area contributed by atoms with Gasteiger partial charge in [0, 0.05) is 49.5 Å². The van der Waals surface area contributed by atoms with Crippen molar-refractivity contribution in [2.24, 2.45) is 4.99 Å². The van der Waals surface area contributed by atoms with Crippen molar-refractivity contribution in [2.45, 2.75) is 13.0 Å². The first-order valence-electron chi connectivity index (χ1n) is 8.38. The smallest absolute Gasteiger partial charge is 0.212 e. The van der Waals surface area contributed by atoms with Crippen LogP contribution in [-0.2, 0) is 13.0 Å². The van der Waals surface area contributed by atoms with Crippen LogP contribution >= 0.6 is 24.0 Å². The number of aromatic amines is 1. The number of halogens is 2. The van der Waals surface area contributed by atoms with E-state index < -0.39 is 0 Å². The molecule has 0 aliphatic carbocycles. The van der Waals surface area contributed by atoms with Crippen molar-refractivity contribution in [3.8, 4) is 5.88 Å². The summed E-state index contributed by atoms with van der Waals surface area (Å²) in [5, 5.41) is 7.42. The van der Waals surface area contributed by atoms with Crippen LogP contribution in [-0.4, -0.2) is 36.6 Å². The molecule has 0 aliphatic rings. The van der Waals surface area contributed by atoms with Crippen molar-refractivity contribution >= 4 is 40.8 Å². The molecule has 0 radical (unpaired) electrons. The van der Waals surface area contributed by atoms with E-state index >= 15 is 0 Å². The second-order valence-electron chi connectivity index (χ2n) is 5.82. The topological polar surface area (TPSA) is 74.3 Å². The van der Waals surface area contributed by atoms with Crippen LogP contribution in [0.15, 0.2) is 47.7 Å². The monoisotopic (exact) mass is 483 g/mol. The van der Waals surface area contributed by atoms with E-state index in [-0.39, 0.29) is 29.8 Å². The second-order valence-corrected chi connectivity index (χ2v) is 5.82. The third-order valence-electron chi connectivity index (χ3n) is 4.11. The number of H-pyrrole nitrogens is 1. The molecule has 0 saturated carbocycles. The predicted molar refractivity (Wildman–Crippen MR) is 116 cm³/mol. The van der Waals surface area contributed by atoms with E-state index in [9.17, 15) is 4.39 Å². The van der Waals surface area contributed by atoms with Crippen LogP contribution in [0.2, 0.25) is 0 Å². The highest BCUT2D eigenvalue weighted by Crippen LogP contribution is 2.19. The number of pyridine rings is 1. The Morgan fingerprint density at radius 1 is 1.26 bits per heavy atom. The lowest BCUT2D eigenvalue weighted by Gasteiger charge is -2.12. The van der Waals surface area contributed by atoms with E-state index in [4.69, 9.17) is 4.74 Å². The van der Waals surface area contributed by atoms with Crippen molar-refractivity contribution in [1.82, 2.24) is 20.6 Å². The molecule has 2 aromatic heterocycles. The minimum Gasteiger partial charge on any atom is -0.481 e. The standard InChI is InChI=1S/C19H22FN5O.HI/c1-21-19(25-11-13-3-6-18(26-2)24-10-13)22-8-7-14-12-23-17-5-4-15(20)9-16(14)17;/h3-6,9-10,12,23H,7-8,11H2,1-2H3,(H2,21,22,25);1H. The van der Waals surface area contributed by atoms with Gasteiger partial charge in [0.1, 0.15) is 5.82 Å². The number of hydrogen-bond donors (Lipinski definition) is 3. The molecule has 144 valence electrons. The van der Waals surface area contributed by atoms with Crippen molar-refractivity contribution in [3.05, 3.63) is 59.7 Å². The Morgan fingerprint density at radius 3 is 2.81 bits per heavy atom. The molecule has 3 aromatic rings. The Kier molecular flexibility index (Phi) is 7.83. The number of aromatic nitrogens is 2. The fourth-order valence-corrected chi connectivity index (χ4v) is 2.72. The van der Waals surface area contributed by atoms with E-state index in [1.807, 2.05) is 18.3 Å². The normalized spacial score (nSPS) is 11.1. The summed E-state index contributed by atoms with van der Waals surface area (Å²) in [5.74, 6) is 1.06. The summed E-state index contributed by atoms with van der Waals surface area (Å²) < 4.78 is 18.5. The maximum Gasteiger partial charge on any atom is 0.212 e. The number of nitrogens with one attached hydrogen (secondary N) is 3. The second kappa shape index (κ2) is 10.1. The molecule has 0 atom stereocenters. The molecular weight excluding hydrogens is 460 g/mol. The molecule has 0 unspecified atom stereocenters. The average Bonchev–Trinajstić information content (AvgIpc) is 3.07. The Labute approximate surface area is 174 Å². The molecule has 0 bridgehead atoms. The quantitative estimate of drug-likeness (QED) is 0.286. The van der Waals surface area contributed by atoms with Gasteiger partial charge < -0.3 is 20.4 Å². The predicted octanol–water partition coefficient (Wildman–Crippen LogP) is 3.24. The maximum atomic E-state index is 13.4. The van der Waals surface area contributed by atoms with Crippen LogP contribution in [0.1, 0.15) is 11.1 Å². The molecule has 27 heavy (non-hydrogen) atoms. The number of benzene rings is 1. The zero-order valence-electron chi connectivity index (χ0n) is 15.3. The summed E-state index contributed by atoms with van der Waals surface area (Å²) in [7, 11) is 3.32. The van der Waals surface area contributed by atoms with Crippen molar-refractivity contribution in [2.75, 3.05) is 20.7 Å². The van der Waals surface area contributed by atoms with E-state index in [1.54, 1.807) is 32.5 Å². The highest BCUT2D eigenvalue weighted by molar-refractivity contribution is 14.0. The van der Waals surface area contributed by atoms with Crippen molar-refractivity contribution in [3.63, 3.8) is 0 Å². The summed E-state index contributed by atoms with van der Waals surface area (Å²) in [6, 6.07) is 8.55. The first kappa shape index (κ1) is 20.9. The van der Waals surface area contributed by atoms with Crippen LogP contribution in [0.25, 0.3) is 10.9 Å². The van der Waals surface area contributed by atoms with Gasteiger partial charge >= 0.3 is 0 Å². The summed E-state index contributed by atoms with van der Waals surface area (Å²) >= 11 is 0. The van der Waals surface area contributed by atoms with Gasteiger partial charge in [-0.2, -0.15) is 0 Å². The fraction of sp³-hybridized carbons (Fsp3) is 0.263. The van der Waals surface area contributed by atoms with Gasteiger partial charge in [-0.3, -0.25) is 4.99 Å². The van der Waals surface area contributed by atoms with Gasteiger partial charge in [-0.1, -0.05) is 6.07 Å². The first-order valence-corrected chi connectivity index (χ1v) is 8.38. The Balaban J connectivity index is 0.00000261. The van der Waals surface area contributed by atoms with Gasteiger partial charge in [0.25, 0.3) is 0 Å². The van der Waals surface area contributed by atoms with E-state index in [2.05, 4.69) is 25.6 Å². The molecule has 0 aliphatic heterocycles. The highest BCUT2D eigenvalue weighted by Gasteiger charge is 2.05. The third-order valence-corrected chi connectivity index (χ3v) is 4.11. The summed E-state index contributed by atoms with van der Waals surface area (Å²) in [5.41, 5.74) is 3.04. The number of methoxy groups -OCH3 is 1. The van der Waals surface area contributed by atoms with Crippen LogP contribution < -0.4 is 15.4 Å². The van der Waals surface area contributed by atoms with E-state index in [0.29, 0.717) is 24.9 Å². The molecular formula is C19H23FIN5O. The number of nitrogens with zero attached hydrogens (tertiary/aromatic N) is 2. The molecule has 0 saturated heterocycles. The lowest BCUT2D eigenvalue weighted by atomic mass is 10.1. The van der Waals surface area contributed by atoms with E-state index in [0.717, 1.165) is 28.5 Å². The van der Waals surface area contributed by atoms with Crippen LogP contribution in [0.4, 0.5) is 4.39 Å². The van der Waals surface area contributed by atoms with Crippen LogP contribution in [0.3, 0.4) is 0 Å². The molecule has 0 fully saturated rings. The number of ether oxygens (including phenoxy) is 1. The SMILES string of the molecule is CN=C(NCCc1c[nH]c2ccc(F)cc12)NCc1ccc(OC)nc1.I. The highest BCUT2D eigenvalue weighted by atomic mass is 127. The van der Waals surface area contributed by atoms with Crippen LogP contribution in [0.5, 0.6) is 5.88 Å². The zero-order chi connectivity index (χ0) is 18.4. The molecule has 1 aromatic carbocycles. The fourth-order valence-electron chi connectivity index (χ4n) is 2.72. The lowest BCUT2D eigenvalue weighted by Crippen LogP contribution is -2.37. The lowest BCUT2D eigenvalue weighted by molar-refractivity contribution is 0.397. The maximum absolute atomic E-state index is 13.4. The largest absolute Gasteiger partial charge is 0.481 e. The van der Waals surface area contributed by atoms with Crippen LogP contribution in [0, 0.1) is 5.82 Å². The summed E-state index contributed by atoms with van der Waals surface area (Å²) in [4.78, 5) is 11.6. The number of guanidine groups is 1. The Hall–Kier alpha value is -2.36. The minimum atomic E-state index is -0.225. The number of hydrogen-bond acceptors (Lipinski definition) is 3. The molecule has 3 rings (SSSR count). The number of rotatable bonds is 6. The van der Waals surface area contributed by atoms with Gasteiger partial charge in [-0.05, 0) is 35.7 Å². The third kappa shape index (κ3) is 5.56. The molecule has 2 heterocycles.